The van der Waals surface area contributed by atoms with Gasteiger partial charge in [-0.3, -0.25) is 19.2 Å². The smallest absolute Gasteiger partial charge is 0.313 e. The summed E-state index contributed by atoms with van der Waals surface area (Å²) >= 11 is 3.73. The molecule has 2 N–H and O–H groups in total. The standard InChI is InChI=1S/C37H52BrN3O7/c1-7-10-17-28(43)39-24(6)31(25-15-13-12-14-16-25)47-36(46)29-30-34(44)41(26(22-42)20-23(4)5)33(37(30)21-27(38)32(29)48-37)35(45)40(18-9-3)19-11-8-2/h7,9,12-16,23-24,26-27,29-33,42H,1,3,8,10-11,17-22H2,2,4-6H3,(H,39,43)/t24-,26+,27?,29-,30+,31-,32-,33-,37+/m0/s1. The Morgan fingerprint density at radius 3 is 2.52 bits per heavy atom. The minimum absolute atomic E-state index is 0.129. The first-order chi connectivity index (χ1) is 22.9. The number of carbonyl (C=O) groups excluding carboxylic acids is 4. The normalized spacial score (nSPS) is 27.7. The van der Waals surface area contributed by atoms with E-state index in [2.05, 4.69) is 34.4 Å². The number of fused-ring (bicyclic) bond motifs is 1. The highest BCUT2D eigenvalue weighted by Crippen LogP contribution is 2.61. The van der Waals surface area contributed by atoms with Crippen molar-refractivity contribution in [3.63, 3.8) is 0 Å². The van der Waals surface area contributed by atoms with Crippen molar-refractivity contribution < 1.29 is 33.8 Å². The lowest BCUT2D eigenvalue weighted by molar-refractivity contribution is -0.162. The molecule has 264 valence electrons. The lowest BCUT2D eigenvalue weighted by Gasteiger charge is -2.39. The summed E-state index contributed by atoms with van der Waals surface area (Å²) < 4.78 is 13.0. The Morgan fingerprint density at radius 2 is 1.92 bits per heavy atom. The number of amides is 3. The van der Waals surface area contributed by atoms with Crippen LogP contribution in [0.15, 0.2) is 55.6 Å². The first-order valence-electron chi connectivity index (χ1n) is 17.3. The van der Waals surface area contributed by atoms with E-state index in [-0.39, 0.29) is 41.5 Å². The van der Waals surface area contributed by atoms with E-state index in [0.717, 1.165) is 12.8 Å². The first-order valence-corrected chi connectivity index (χ1v) is 18.2. The number of unbranched alkanes of at least 4 members (excludes halogenated alkanes) is 1. The molecular weight excluding hydrogens is 678 g/mol. The van der Waals surface area contributed by atoms with Crippen LogP contribution in [-0.4, -0.2) is 93.0 Å². The van der Waals surface area contributed by atoms with Crippen LogP contribution in [0, 0.1) is 17.8 Å². The number of rotatable bonds is 18. The molecule has 3 amide bonds. The molecule has 10 nitrogen and oxygen atoms in total. The summed E-state index contributed by atoms with van der Waals surface area (Å²) in [6.45, 7) is 15.8. The summed E-state index contributed by atoms with van der Waals surface area (Å²) in [5.41, 5.74) is -0.600. The number of hydrogen-bond acceptors (Lipinski definition) is 7. The summed E-state index contributed by atoms with van der Waals surface area (Å²) in [6, 6.07) is 6.93. The number of nitrogens with one attached hydrogen (secondary N) is 1. The molecule has 3 aliphatic rings. The van der Waals surface area contributed by atoms with Crippen molar-refractivity contribution in [2.45, 2.75) is 107 Å². The molecule has 4 rings (SSSR count). The zero-order chi connectivity index (χ0) is 35.2. The van der Waals surface area contributed by atoms with E-state index in [0.29, 0.717) is 37.9 Å². The molecule has 0 saturated carbocycles. The lowest BCUT2D eigenvalue weighted by atomic mass is 9.70. The largest absolute Gasteiger partial charge is 0.455 e. The molecule has 48 heavy (non-hydrogen) atoms. The molecule has 3 heterocycles. The highest BCUT2D eigenvalue weighted by atomic mass is 79.9. The lowest BCUT2D eigenvalue weighted by Crippen LogP contribution is -2.59. The molecule has 3 fully saturated rings. The van der Waals surface area contributed by atoms with Crippen LogP contribution in [0.3, 0.4) is 0 Å². The van der Waals surface area contributed by atoms with Gasteiger partial charge in [-0.2, -0.15) is 0 Å². The molecule has 1 aromatic carbocycles. The Bertz CT molecular complexity index is 1330. The second kappa shape index (κ2) is 16.6. The minimum atomic E-state index is -1.29. The fraction of sp³-hybridized carbons (Fsp3) is 0.622. The van der Waals surface area contributed by atoms with Gasteiger partial charge in [-0.25, -0.2) is 0 Å². The number of benzene rings is 1. The Balaban J connectivity index is 1.73. The van der Waals surface area contributed by atoms with Crippen molar-refractivity contribution in [2.24, 2.45) is 17.8 Å². The highest BCUT2D eigenvalue weighted by molar-refractivity contribution is 9.09. The van der Waals surface area contributed by atoms with Gasteiger partial charge in [0.1, 0.15) is 17.7 Å². The van der Waals surface area contributed by atoms with E-state index < -0.39 is 53.7 Å². The monoisotopic (exact) mass is 729 g/mol. The minimum Gasteiger partial charge on any atom is -0.455 e. The fourth-order valence-corrected chi connectivity index (χ4v) is 8.68. The average molecular weight is 731 g/mol. The Hall–Kier alpha value is -3.02. The van der Waals surface area contributed by atoms with Gasteiger partial charge in [-0.05, 0) is 44.1 Å². The number of alkyl halides is 1. The summed E-state index contributed by atoms with van der Waals surface area (Å²) in [5.74, 6) is -3.34. The number of aliphatic hydroxyl groups excluding tert-OH is 1. The van der Waals surface area contributed by atoms with Crippen molar-refractivity contribution >= 4 is 39.6 Å². The third-order valence-corrected chi connectivity index (χ3v) is 10.7. The molecular formula is C37H52BrN3O7. The molecule has 3 aliphatic heterocycles. The SMILES string of the molecule is C=CCCC(=O)N[C@@H](C)[C@H](OC(=O)[C@@H]1[C@H]2O[C@@]3(CC2Br)[C@H](C(=O)N(CC=C)CCCC)N([C@@H](CO)CC(C)C)C(=O)[C@@H]13)c1ccccc1. The van der Waals surface area contributed by atoms with Gasteiger partial charge in [0, 0.05) is 24.3 Å². The summed E-state index contributed by atoms with van der Waals surface area (Å²) in [6.07, 6.45) is 5.02. The number of hydrogen-bond donors (Lipinski definition) is 2. The fourth-order valence-electron chi connectivity index (χ4n) is 7.74. The number of likely N-dealkylation sites (tertiary alicyclic amines) is 1. The van der Waals surface area contributed by atoms with Gasteiger partial charge in [-0.1, -0.05) is 85.6 Å². The number of ether oxygens (including phenoxy) is 2. The van der Waals surface area contributed by atoms with Crippen LogP contribution >= 0.6 is 15.9 Å². The van der Waals surface area contributed by atoms with Crippen LogP contribution in [0.4, 0.5) is 0 Å². The summed E-state index contributed by atoms with van der Waals surface area (Å²) in [5, 5.41) is 13.6. The Kier molecular flexibility index (Phi) is 13.1. The first kappa shape index (κ1) is 37.8. The third-order valence-electron chi connectivity index (χ3n) is 9.81. The molecule has 1 aromatic rings. The third kappa shape index (κ3) is 7.58. The summed E-state index contributed by atoms with van der Waals surface area (Å²) in [4.78, 5) is 59.2. The van der Waals surface area contributed by atoms with Gasteiger partial charge >= 0.3 is 5.97 Å². The van der Waals surface area contributed by atoms with Crippen LogP contribution in [0.1, 0.15) is 77.9 Å². The molecule has 3 saturated heterocycles. The number of halogens is 1. The van der Waals surface area contributed by atoms with Gasteiger partial charge < -0.3 is 29.7 Å². The van der Waals surface area contributed by atoms with E-state index in [4.69, 9.17) is 9.47 Å². The van der Waals surface area contributed by atoms with Crippen LogP contribution < -0.4 is 5.32 Å². The zero-order valence-electron chi connectivity index (χ0n) is 28.7. The molecule has 9 atom stereocenters. The van der Waals surface area contributed by atoms with E-state index in [1.54, 1.807) is 24.0 Å². The number of allylic oxidation sites excluding steroid dienone is 1. The van der Waals surface area contributed by atoms with Crippen LogP contribution in [0.5, 0.6) is 0 Å². The topological polar surface area (TPSA) is 125 Å². The maximum absolute atomic E-state index is 14.7. The molecule has 1 unspecified atom stereocenters. The van der Waals surface area contributed by atoms with E-state index in [9.17, 15) is 24.3 Å². The molecule has 0 aromatic heterocycles. The molecule has 2 bridgehead atoms. The molecule has 0 radical (unpaired) electrons. The Morgan fingerprint density at radius 1 is 1.21 bits per heavy atom. The van der Waals surface area contributed by atoms with Crippen molar-refractivity contribution in [3.05, 3.63) is 61.2 Å². The maximum Gasteiger partial charge on any atom is 0.313 e. The average Bonchev–Trinajstić information content (AvgIpc) is 3.66. The predicted octanol–water partition coefficient (Wildman–Crippen LogP) is 4.71. The highest BCUT2D eigenvalue weighted by Gasteiger charge is 2.77. The van der Waals surface area contributed by atoms with Gasteiger partial charge in [0.25, 0.3) is 0 Å². The quantitative estimate of drug-likeness (QED) is 0.127. The van der Waals surface area contributed by atoms with Crippen molar-refractivity contribution in [1.29, 1.82) is 0 Å². The van der Waals surface area contributed by atoms with E-state index in [1.165, 1.54) is 4.90 Å². The van der Waals surface area contributed by atoms with E-state index >= 15 is 0 Å². The second-order valence-electron chi connectivity index (χ2n) is 13.8. The maximum atomic E-state index is 14.7. The summed E-state index contributed by atoms with van der Waals surface area (Å²) in [7, 11) is 0. The number of nitrogens with zero attached hydrogens (tertiary/aromatic N) is 2. The predicted molar refractivity (Wildman–Crippen MR) is 187 cm³/mol. The number of esters is 1. The molecule has 11 heteroatoms. The van der Waals surface area contributed by atoms with Gasteiger partial charge in [-0.15, -0.1) is 13.2 Å². The van der Waals surface area contributed by atoms with Gasteiger partial charge in [0.05, 0.1) is 36.6 Å². The van der Waals surface area contributed by atoms with Gasteiger partial charge in [0.15, 0.2) is 0 Å². The zero-order valence-corrected chi connectivity index (χ0v) is 30.3. The number of aliphatic hydroxyl groups is 1. The number of carbonyl (C=O) groups is 4. The Labute approximate surface area is 293 Å². The van der Waals surface area contributed by atoms with Crippen LogP contribution in [0.2, 0.25) is 0 Å². The van der Waals surface area contributed by atoms with Crippen LogP contribution in [0.25, 0.3) is 0 Å². The van der Waals surface area contributed by atoms with E-state index in [1.807, 2.05) is 51.1 Å². The van der Waals surface area contributed by atoms with Gasteiger partial charge in [0.2, 0.25) is 17.7 Å². The van der Waals surface area contributed by atoms with Crippen molar-refractivity contribution in [1.82, 2.24) is 15.1 Å². The second-order valence-corrected chi connectivity index (χ2v) is 14.9. The molecule has 1 spiro atoms. The molecule has 0 aliphatic carbocycles. The van der Waals surface area contributed by atoms with Crippen LogP contribution in [-0.2, 0) is 28.7 Å². The van der Waals surface area contributed by atoms with Crippen molar-refractivity contribution in [2.75, 3.05) is 19.7 Å². The van der Waals surface area contributed by atoms with Crippen molar-refractivity contribution in [3.8, 4) is 0 Å².